The van der Waals surface area contributed by atoms with Crippen LogP contribution in [0.25, 0.3) is 0 Å². The third kappa shape index (κ3) is 8.66. The number of carboxylic acid groups (broad SMARTS) is 1. The first-order valence-corrected chi connectivity index (χ1v) is 12.3. The first-order valence-electron chi connectivity index (χ1n) is 12.3. The topological polar surface area (TPSA) is 88.5 Å². The summed E-state index contributed by atoms with van der Waals surface area (Å²) in [7, 11) is 3.21. The molecule has 198 valence electrons. The fraction of sp³-hybridized carbons (Fsp3) is 0.500. The number of benzene rings is 2. The average molecular weight is 501 g/mol. The molecule has 2 aromatic rings. The summed E-state index contributed by atoms with van der Waals surface area (Å²) in [5.74, 6) is 1.47. The van der Waals surface area contributed by atoms with Crippen LogP contribution in [0.15, 0.2) is 48.5 Å². The van der Waals surface area contributed by atoms with E-state index >= 15 is 0 Å². The molecule has 0 bridgehead atoms. The van der Waals surface area contributed by atoms with Crippen LogP contribution in [0.4, 0.5) is 9.59 Å². The zero-order chi connectivity index (χ0) is 26.7. The van der Waals surface area contributed by atoms with Crippen LogP contribution in [-0.2, 0) is 17.8 Å². The van der Waals surface area contributed by atoms with Gasteiger partial charge in [-0.3, -0.25) is 9.80 Å². The molecule has 8 nitrogen and oxygen atoms in total. The van der Waals surface area contributed by atoms with E-state index in [9.17, 15) is 14.7 Å². The molecule has 2 rings (SSSR count). The van der Waals surface area contributed by atoms with Crippen LogP contribution in [0, 0.1) is 0 Å². The van der Waals surface area contributed by atoms with Crippen molar-refractivity contribution in [1.29, 1.82) is 0 Å². The van der Waals surface area contributed by atoms with Gasteiger partial charge in [-0.1, -0.05) is 44.0 Å². The van der Waals surface area contributed by atoms with Gasteiger partial charge in [0.2, 0.25) is 0 Å². The largest absolute Gasteiger partial charge is 0.497 e. The lowest BCUT2D eigenvalue weighted by Crippen LogP contribution is -2.53. The number of rotatable bonds is 12. The van der Waals surface area contributed by atoms with Gasteiger partial charge in [0.05, 0.1) is 20.3 Å². The molecule has 0 aliphatic heterocycles. The molecule has 0 saturated heterocycles. The van der Waals surface area contributed by atoms with E-state index in [0.717, 1.165) is 35.5 Å². The molecule has 0 aromatic heterocycles. The highest BCUT2D eigenvalue weighted by atomic mass is 16.6. The number of methoxy groups -OCH3 is 2. The molecule has 1 unspecified atom stereocenters. The highest BCUT2D eigenvalue weighted by Gasteiger charge is 2.34. The summed E-state index contributed by atoms with van der Waals surface area (Å²) in [6, 6.07) is 14.6. The maximum Gasteiger partial charge on any atom is 0.410 e. The first kappa shape index (κ1) is 28.8. The summed E-state index contributed by atoms with van der Waals surface area (Å²) < 4.78 is 16.2. The lowest BCUT2D eigenvalue weighted by Gasteiger charge is -2.39. The fourth-order valence-corrected chi connectivity index (χ4v) is 4.06. The third-order valence-corrected chi connectivity index (χ3v) is 5.91. The Morgan fingerprint density at radius 3 is 1.72 bits per heavy atom. The Morgan fingerprint density at radius 1 is 0.889 bits per heavy atom. The number of hydrogen-bond acceptors (Lipinski definition) is 5. The molecule has 8 heteroatoms. The monoisotopic (exact) mass is 500 g/mol. The number of unbranched alkanes of at least 4 members (excludes halogenated alkanes) is 1. The van der Waals surface area contributed by atoms with Crippen LogP contribution >= 0.6 is 0 Å². The van der Waals surface area contributed by atoms with Gasteiger partial charge in [0, 0.05) is 18.6 Å². The Balaban J connectivity index is 2.23. The summed E-state index contributed by atoms with van der Waals surface area (Å²) in [5, 5.41) is 9.88. The number of carbonyl (C=O) groups excluding carboxylic acids is 1. The van der Waals surface area contributed by atoms with Crippen molar-refractivity contribution in [3.63, 3.8) is 0 Å². The standard InChI is InChI=1S/C28H40N2O6/c1-7-8-9-23(30(26(31)32)28(2,3)4)20-36-27(33)29(18-21-10-14-24(34-5)15-11-21)19-22-12-16-25(35-6)17-13-22/h10-17,23H,7-9,18-20H2,1-6H3,(H,31,32). The van der Waals surface area contributed by atoms with Crippen LogP contribution in [0.2, 0.25) is 0 Å². The number of amides is 2. The van der Waals surface area contributed by atoms with E-state index in [-0.39, 0.29) is 6.61 Å². The van der Waals surface area contributed by atoms with Crippen molar-refractivity contribution >= 4 is 12.2 Å². The van der Waals surface area contributed by atoms with Gasteiger partial charge in [0.15, 0.2) is 0 Å². The van der Waals surface area contributed by atoms with Gasteiger partial charge in [-0.05, 0) is 62.6 Å². The van der Waals surface area contributed by atoms with E-state index in [0.29, 0.717) is 19.5 Å². The minimum absolute atomic E-state index is 0.00979. The van der Waals surface area contributed by atoms with Crippen molar-refractivity contribution in [3.8, 4) is 11.5 Å². The Kier molecular flexibility index (Phi) is 10.9. The maximum absolute atomic E-state index is 13.3. The highest BCUT2D eigenvalue weighted by molar-refractivity contribution is 5.68. The smallest absolute Gasteiger partial charge is 0.410 e. The molecular formula is C28H40N2O6. The van der Waals surface area contributed by atoms with E-state index < -0.39 is 23.8 Å². The second-order valence-corrected chi connectivity index (χ2v) is 9.75. The van der Waals surface area contributed by atoms with E-state index in [1.807, 2.05) is 69.3 Å². The average Bonchev–Trinajstić information content (AvgIpc) is 2.84. The molecule has 0 spiro atoms. The normalized spacial score (nSPS) is 11.9. The molecule has 36 heavy (non-hydrogen) atoms. The number of nitrogens with zero attached hydrogens (tertiary/aromatic N) is 2. The molecule has 0 saturated carbocycles. The van der Waals surface area contributed by atoms with E-state index in [2.05, 4.69) is 6.92 Å². The number of hydrogen-bond donors (Lipinski definition) is 1. The maximum atomic E-state index is 13.3. The van der Waals surface area contributed by atoms with Crippen molar-refractivity contribution < 1.29 is 28.9 Å². The van der Waals surface area contributed by atoms with Gasteiger partial charge in [-0.2, -0.15) is 0 Å². The molecule has 1 N–H and O–H groups in total. The van der Waals surface area contributed by atoms with Gasteiger partial charge in [-0.25, -0.2) is 9.59 Å². The highest BCUT2D eigenvalue weighted by Crippen LogP contribution is 2.23. The fourth-order valence-electron chi connectivity index (χ4n) is 4.06. The Hall–Kier alpha value is -3.42. The van der Waals surface area contributed by atoms with Crippen molar-refractivity contribution in [2.75, 3.05) is 20.8 Å². The Labute approximate surface area is 214 Å². The quantitative estimate of drug-likeness (QED) is 0.374. The molecule has 0 fully saturated rings. The second kappa shape index (κ2) is 13.6. The summed E-state index contributed by atoms with van der Waals surface area (Å²) in [4.78, 5) is 28.4. The SMILES string of the molecule is CCCCC(COC(=O)N(Cc1ccc(OC)cc1)Cc1ccc(OC)cc1)N(C(=O)O)C(C)(C)C. The van der Waals surface area contributed by atoms with Crippen molar-refractivity contribution in [2.45, 2.75) is 71.6 Å². The molecular weight excluding hydrogens is 460 g/mol. The molecule has 2 amide bonds. The molecule has 1 atom stereocenters. The van der Waals surface area contributed by atoms with E-state index in [1.54, 1.807) is 19.1 Å². The van der Waals surface area contributed by atoms with Gasteiger partial charge in [0.1, 0.15) is 18.1 Å². The van der Waals surface area contributed by atoms with Crippen LogP contribution in [0.3, 0.4) is 0 Å². The minimum atomic E-state index is -1.02. The van der Waals surface area contributed by atoms with Crippen LogP contribution in [-0.4, -0.2) is 59.5 Å². The van der Waals surface area contributed by atoms with E-state index in [1.165, 1.54) is 4.90 Å². The van der Waals surface area contributed by atoms with Gasteiger partial charge in [0.25, 0.3) is 0 Å². The summed E-state index contributed by atoms with van der Waals surface area (Å²) >= 11 is 0. The lowest BCUT2D eigenvalue weighted by atomic mass is 10.0. The van der Waals surface area contributed by atoms with Crippen molar-refractivity contribution in [1.82, 2.24) is 9.80 Å². The molecule has 2 aromatic carbocycles. The summed E-state index contributed by atoms with van der Waals surface area (Å²) in [6.45, 7) is 8.25. The van der Waals surface area contributed by atoms with Crippen molar-refractivity contribution in [3.05, 3.63) is 59.7 Å². The molecule has 0 radical (unpaired) electrons. The van der Waals surface area contributed by atoms with Gasteiger partial charge >= 0.3 is 12.2 Å². The lowest BCUT2D eigenvalue weighted by molar-refractivity contribution is 0.0241. The molecule has 0 aliphatic rings. The number of ether oxygens (including phenoxy) is 3. The van der Waals surface area contributed by atoms with Gasteiger partial charge < -0.3 is 19.3 Å². The second-order valence-electron chi connectivity index (χ2n) is 9.75. The van der Waals surface area contributed by atoms with E-state index in [4.69, 9.17) is 14.2 Å². The third-order valence-electron chi connectivity index (χ3n) is 5.91. The zero-order valence-corrected chi connectivity index (χ0v) is 22.3. The van der Waals surface area contributed by atoms with Gasteiger partial charge in [-0.15, -0.1) is 0 Å². The predicted octanol–water partition coefficient (Wildman–Crippen LogP) is 6.18. The van der Waals surface area contributed by atoms with Crippen LogP contribution in [0.5, 0.6) is 11.5 Å². The van der Waals surface area contributed by atoms with Crippen LogP contribution in [0.1, 0.15) is 58.1 Å². The molecule has 0 aliphatic carbocycles. The van der Waals surface area contributed by atoms with Crippen LogP contribution < -0.4 is 9.47 Å². The predicted molar refractivity (Wildman–Crippen MR) is 140 cm³/mol. The summed E-state index contributed by atoms with van der Waals surface area (Å²) in [6.07, 6.45) is 0.854. The molecule has 0 heterocycles. The van der Waals surface area contributed by atoms with Crippen molar-refractivity contribution in [2.24, 2.45) is 0 Å². The Bertz CT molecular complexity index is 904. The summed E-state index contributed by atoms with van der Waals surface area (Å²) in [5.41, 5.74) is 1.22. The zero-order valence-electron chi connectivity index (χ0n) is 22.3. The first-order chi connectivity index (χ1) is 17.1. The number of carbonyl (C=O) groups is 2. The Morgan fingerprint density at radius 2 is 1.36 bits per heavy atom. The minimum Gasteiger partial charge on any atom is -0.497 e.